The monoisotopic (exact) mass is 219 g/mol. The van der Waals surface area contributed by atoms with E-state index in [2.05, 4.69) is 10.6 Å². The van der Waals surface area contributed by atoms with E-state index in [4.69, 9.17) is 10.4 Å². The van der Waals surface area contributed by atoms with Crippen molar-refractivity contribution < 1.29 is 9.90 Å². The molecule has 0 amide bonds. The number of hydrogen-bond acceptors (Lipinski definition) is 4. The fourth-order valence-electron chi connectivity index (χ4n) is 1.23. The van der Waals surface area contributed by atoms with Gasteiger partial charge in [-0.3, -0.25) is 4.79 Å². The lowest BCUT2D eigenvalue weighted by Crippen LogP contribution is -2.39. The van der Waals surface area contributed by atoms with Crippen molar-refractivity contribution in [3.05, 3.63) is 29.8 Å². The van der Waals surface area contributed by atoms with Crippen molar-refractivity contribution in [3.8, 4) is 6.07 Å². The topological polar surface area (TPSA) is 85.1 Å². The highest BCUT2D eigenvalue weighted by Gasteiger charge is 2.13. The molecule has 0 radical (unpaired) electrons. The molecule has 84 valence electrons. The van der Waals surface area contributed by atoms with E-state index in [0.29, 0.717) is 5.56 Å². The molecular weight excluding hydrogens is 206 g/mol. The minimum atomic E-state index is -0.911. The number of nitriles is 1. The Labute approximate surface area is 93.7 Å². The maximum absolute atomic E-state index is 10.7. The predicted octanol–water partition coefficient (Wildman–Crippen LogP) is 0.643. The van der Waals surface area contributed by atoms with Crippen molar-refractivity contribution in [1.29, 1.82) is 5.26 Å². The highest BCUT2D eigenvalue weighted by molar-refractivity contribution is 5.74. The molecule has 0 aliphatic rings. The Bertz CT molecular complexity index is 412. The van der Waals surface area contributed by atoms with E-state index >= 15 is 0 Å². The van der Waals surface area contributed by atoms with Crippen LogP contribution in [0.4, 0.5) is 5.69 Å². The van der Waals surface area contributed by atoms with E-state index in [9.17, 15) is 4.79 Å². The summed E-state index contributed by atoms with van der Waals surface area (Å²) in [6.07, 6.45) is 0. The maximum Gasteiger partial charge on any atom is 0.322 e. The molecule has 1 rings (SSSR count). The van der Waals surface area contributed by atoms with Crippen molar-refractivity contribution in [1.82, 2.24) is 5.32 Å². The van der Waals surface area contributed by atoms with E-state index in [0.717, 1.165) is 5.69 Å². The van der Waals surface area contributed by atoms with Crippen molar-refractivity contribution in [3.63, 3.8) is 0 Å². The molecule has 1 atom stereocenters. The molecule has 1 aromatic carbocycles. The van der Waals surface area contributed by atoms with Gasteiger partial charge in [-0.2, -0.15) is 5.26 Å². The molecule has 0 aliphatic heterocycles. The van der Waals surface area contributed by atoms with Gasteiger partial charge in [-0.1, -0.05) is 6.07 Å². The number of carboxylic acid groups (broad SMARTS) is 1. The zero-order valence-corrected chi connectivity index (χ0v) is 8.90. The number of aliphatic carboxylic acids is 1. The SMILES string of the molecule is CNC(CNc1cccc(C#N)c1)C(=O)O. The summed E-state index contributed by atoms with van der Waals surface area (Å²) in [7, 11) is 1.59. The molecule has 0 spiro atoms. The third kappa shape index (κ3) is 3.26. The fourth-order valence-corrected chi connectivity index (χ4v) is 1.23. The first-order valence-electron chi connectivity index (χ1n) is 4.81. The molecule has 0 fully saturated rings. The van der Waals surface area contributed by atoms with Crippen LogP contribution >= 0.6 is 0 Å². The largest absolute Gasteiger partial charge is 0.480 e. The normalized spacial score (nSPS) is 11.5. The molecule has 3 N–H and O–H groups in total. The van der Waals surface area contributed by atoms with Gasteiger partial charge in [0.25, 0.3) is 0 Å². The zero-order chi connectivity index (χ0) is 12.0. The van der Waals surface area contributed by atoms with Crippen molar-refractivity contribution >= 4 is 11.7 Å². The Balaban J connectivity index is 2.60. The second kappa shape index (κ2) is 5.73. The van der Waals surface area contributed by atoms with Crippen molar-refractivity contribution in [2.45, 2.75) is 6.04 Å². The van der Waals surface area contributed by atoms with E-state index in [1.807, 2.05) is 6.07 Å². The zero-order valence-electron chi connectivity index (χ0n) is 8.90. The Morgan fingerprint density at radius 3 is 2.94 bits per heavy atom. The number of carboxylic acids is 1. The first kappa shape index (κ1) is 12.0. The Hall–Kier alpha value is -2.06. The molecular formula is C11H13N3O2. The molecule has 5 heteroatoms. The fraction of sp³-hybridized carbons (Fsp3) is 0.273. The number of likely N-dealkylation sites (N-methyl/N-ethyl adjacent to an activating group) is 1. The van der Waals surface area contributed by atoms with Crippen molar-refractivity contribution in [2.24, 2.45) is 0 Å². The third-order valence-electron chi connectivity index (χ3n) is 2.15. The summed E-state index contributed by atoms with van der Waals surface area (Å²) >= 11 is 0. The van der Waals surface area contributed by atoms with Gasteiger partial charge in [0.1, 0.15) is 6.04 Å². The predicted molar refractivity (Wildman–Crippen MR) is 60.1 cm³/mol. The van der Waals surface area contributed by atoms with E-state index in [1.165, 1.54) is 0 Å². The van der Waals surface area contributed by atoms with Gasteiger partial charge < -0.3 is 15.7 Å². The smallest absolute Gasteiger partial charge is 0.322 e. The minimum Gasteiger partial charge on any atom is -0.480 e. The molecule has 0 heterocycles. The lowest BCUT2D eigenvalue weighted by atomic mass is 10.2. The average Bonchev–Trinajstić information content (AvgIpc) is 2.29. The highest BCUT2D eigenvalue weighted by atomic mass is 16.4. The molecule has 0 saturated carbocycles. The highest BCUT2D eigenvalue weighted by Crippen LogP contribution is 2.09. The molecule has 5 nitrogen and oxygen atoms in total. The van der Waals surface area contributed by atoms with Crippen LogP contribution in [0.2, 0.25) is 0 Å². The van der Waals surface area contributed by atoms with Crippen molar-refractivity contribution in [2.75, 3.05) is 18.9 Å². The van der Waals surface area contributed by atoms with Crippen LogP contribution in [0.3, 0.4) is 0 Å². The second-order valence-corrected chi connectivity index (χ2v) is 3.25. The molecule has 0 bridgehead atoms. The number of hydrogen-bond donors (Lipinski definition) is 3. The van der Waals surface area contributed by atoms with E-state index in [1.54, 1.807) is 31.3 Å². The van der Waals surface area contributed by atoms with Crippen LogP contribution in [0, 0.1) is 11.3 Å². The molecule has 0 aliphatic carbocycles. The van der Waals surface area contributed by atoms with Crippen LogP contribution < -0.4 is 10.6 Å². The van der Waals surface area contributed by atoms with Gasteiger partial charge in [-0.05, 0) is 25.2 Å². The molecule has 16 heavy (non-hydrogen) atoms. The second-order valence-electron chi connectivity index (χ2n) is 3.25. The number of benzene rings is 1. The van der Waals surface area contributed by atoms with Gasteiger partial charge in [0.15, 0.2) is 0 Å². The first-order chi connectivity index (χ1) is 7.67. The van der Waals surface area contributed by atoms with Crippen LogP contribution in [-0.4, -0.2) is 30.7 Å². The quantitative estimate of drug-likeness (QED) is 0.676. The number of nitrogens with zero attached hydrogens (tertiary/aromatic N) is 1. The molecule has 1 unspecified atom stereocenters. The Kier molecular flexibility index (Phi) is 4.30. The number of rotatable bonds is 5. The number of carbonyl (C=O) groups is 1. The first-order valence-corrected chi connectivity index (χ1v) is 4.81. The number of anilines is 1. The lowest BCUT2D eigenvalue weighted by molar-refractivity contribution is -0.138. The summed E-state index contributed by atoms with van der Waals surface area (Å²) in [6.45, 7) is 0.265. The van der Waals surface area contributed by atoms with E-state index < -0.39 is 12.0 Å². The summed E-state index contributed by atoms with van der Waals surface area (Å²) in [5, 5.41) is 23.1. The average molecular weight is 219 g/mol. The standard InChI is InChI=1S/C11H13N3O2/c1-13-10(11(15)16)7-14-9-4-2-3-8(5-9)6-12/h2-5,10,13-14H,7H2,1H3,(H,15,16). The maximum atomic E-state index is 10.7. The summed E-state index contributed by atoms with van der Waals surface area (Å²) < 4.78 is 0. The summed E-state index contributed by atoms with van der Waals surface area (Å²) in [5.41, 5.74) is 1.28. The molecule has 0 saturated heterocycles. The molecule has 0 aromatic heterocycles. The summed E-state index contributed by atoms with van der Waals surface area (Å²) in [4.78, 5) is 10.7. The van der Waals surface area contributed by atoms with Crippen LogP contribution in [0.1, 0.15) is 5.56 Å². The van der Waals surface area contributed by atoms with Gasteiger partial charge in [0, 0.05) is 12.2 Å². The third-order valence-corrected chi connectivity index (χ3v) is 2.15. The van der Waals surface area contributed by atoms with Gasteiger partial charge in [-0.25, -0.2) is 0 Å². The van der Waals surface area contributed by atoms with Crippen LogP contribution in [0.15, 0.2) is 24.3 Å². The van der Waals surface area contributed by atoms with Gasteiger partial charge >= 0.3 is 5.97 Å². The summed E-state index contributed by atoms with van der Waals surface area (Å²) in [6, 6.07) is 8.27. The van der Waals surface area contributed by atoms with Crippen LogP contribution in [0.5, 0.6) is 0 Å². The molecule has 1 aromatic rings. The Morgan fingerprint density at radius 1 is 1.62 bits per heavy atom. The minimum absolute atomic E-state index is 0.265. The Morgan fingerprint density at radius 2 is 2.38 bits per heavy atom. The van der Waals surface area contributed by atoms with Crippen LogP contribution in [0.25, 0.3) is 0 Å². The lowest BCUT2D eigenvalue weighted by Gasteiger charge is -2.13. The number of nitrogens with one attached hydrogen (secondary N) is 2. The van der Waals surface area contributed by atoms with Gasteiger partial charge in [-0.15, -0.1) is 0 Å². The summed E-state index contributed by atoms with van der Waals surface area (Å²) in [5.74, 6) is -0.911. The van der Waals surface area contributed by atoms with Gasteiger partial charge in [0.05, 0.1) is 11.6 Å². The van der Waals surface area contributed by atoms with E-state index in [-0.39, 0.29) is 6.54 Å². The van der Waals surface area contributed by atoms with Gasteiger partial charge in [0.2, 0.25) is 0 Å². The van der Waals surface area contributed by atoms with Crippen LogP contribution in [-0.2, 0) is 4.79 Å².